The average molecular weight is 292 g/mol. The maximum Gasteiger partial charge on any atom is 0.511 e. The zero-order chi connectivity index (χ0) is 14.7. The number of carboxylic acid groups (broad SMARTS) is 1. The minimum atomic E-state index is -1.51. The highest BCUT2D eigenvalue weighted by molar-refractivity contribution is 6.30. The van der Waals surface area contributed by atoms with Crippen LogP contribution in [0.15, 0.2) is 42.5 Å². The molecule has 0 fully saturated rings. The molecule has 2 aromatic rings. The predicted molar refractivity (Wildman–Crippen MR) is 74.1 cm³/mol. The molecule has 20 heavy (non-hydrogen) atoms. The lowest BCUT2D eigenvalue weighted by Crippen LogP contribution is -2.16. The molecule has 0 aliphatic heterocycles. The van der Waals surface area contributed by atoms with Gasteiger partial charge >= 0.3 is 6.16 Å². The van der Waals surface area contributed by atoms with E-state index in [0.29, 0.717) is 16.1 Å². The lowest BCUT2D eigenvalue weighted by atomic mass is 9.98. The molecule has 0 aromatic heterocycles. The van der Waals surface area contributed by atoms with Gasteiger partial charge in [0.2, 0.25) is 0 Å². The SMILES string of the molecule is NC(=O)c1c(OC(=O)O)cccc1-c1ccc(Cl)cc1. The minimum Gasteiger partial charge on any atom is -0.449 e. The van der Waals surface area contributed by atoms with Gasteiger partial charge in [-0.2, -0.15) is 0 Å². The zero-order valence-electron chi connectivity index (χ0n) is 10.2. The van der Waals surface area contributed by atoms with E-state index in [0.717, 1.165) is 0 Å². The van der Waals surface area contributed by atoms with E-state index in [2.05, 4.69) is 4.74 Å². The van der Waals surface area contributed by atoms with Crippen molar-refractivity contribution < 1.29 is 19.4 Å². The molecule has 0 bridgehead atoms. The third-order valence-corrected chi connectivity index (χ3v) is 2.88. The third kappa shape index (κ3) is 2.89. The second-order valence-electron chi connectivity index (χ2n) is 3.92. The number of rotatable bonds is 3. The molecule has 0 unspecified atom stereocenters. The van der Waals surface area contributed by atoms with Crippen LogP contribution < -0.4 is 10.5 Å². The van der Waals surface area contributed by atoms with Gasteiger partial charge in [0.15, 0.2) is 0 Å². The fourth-order valence-electron chi connectivity index (χ4n) is 1.83. The van der Waals surface area contributed by atoms with Crippen LogP contribution in [-0.2, 0) is 0 Å². The molecule has 0 saturated heterocycles. The molecular weight excluding hydrogens is 282 g/mol. The van der Waals surface area contributed by atoms with E-state index in [1.165, 1.54) is 6.07 Å². The molecular formula is C14H10ClNO4. The number of carbonyl (C=O) groups excluding carboxylic acids is 1. The Morgan fingerprint density at radius 1 is 1.10 bits per heavy atom. The maximum atomic E-state index is 11.6. The van der Waals surface area contributed by atoms with Crippen LogP contribution in [0.4, 0.5) is 4.79 Å². The first kappa shape index (κ1) is 13.9. The fourth-order valence-corrected chi connectivity index (χ4v) is 1.96. The Kier molecular flexibility index (Phi) is 3.91. The molecule has 2 rings (SSSR count). The van der Waals surface area contributed by atoms with Gasteiger partial charge in [-0.25, -0.2) is 4.79 Å². The highest BCUT2D eigenvalue weighted by atomic mass is 35.5. The van der Waals surface area contributed by atoms with E-state index in [1.807, 2.05) is 0 Å². The van der Waals surface area contributed by atoms with Crippen molar-refractivity contribution in [1.82, 2.24) is 0 Å². The number of ether oxygens (including phenoxy) is 1. The Hall–Kier alpha value is -2.53. The van der Waals surface area contributed by atoms with E-state index >= 15 is 0 Å². The normalized spacial score (nSPS) is 10.1. The van der Waals surface area contributed by atoms with Crippen molar-refractivity contribution in [2.24, 2.45) is 5.73 Å². The van der Waals surface area contributed by atoms with Crippen LogP contribution in [-0.4, -0.2) is 17.2 Å². The molecule has 2 aromatic carbocycles. The smallest absolute Gasteiger partial charge is 0.449 e. The Balaban J connectivity index is 2.60. The Bertz CT molecular complexity index is 667. The lowest BCUT2D eigenvalue weighted by molar-refractivity contribution is 0.0997. The summed E-state index contributed by atoms with van der Waals surface area (Å²) < 4.78 is 4.58. The van der Waals surface area contributed by atoms with Crippen LogP contribution in [0.3, 0.4) is 0 Å². The predicted octanol–water partition coefficient (Wildman–Crippen LogP) is 3.16. The molecule has 102 valence electrons. The van der Waals surface area contributed by atoms with Crippen molar-refractivity contribution in [3.63, 3.8) is 0 Å². The maximum absolute atomic E-state index is 11.6. The number of nitrogens with two attached hydrogens (primary N) is 1. The second-order valence-corrected chi connectivity index (χ2v) is 4.35. The number of hydrogen-bond acceptors (Lipinski definition) is 3. The van der Waals surface area contributed by atoms with Crippen LogP contribution in [0.5, 0.6) is 5.75 Å². The van der Waals surface area contributed by atoms with Gasteiger partial charge < -0.3 is 15.6 Å². The van der Waals surface area contributed by atoms with Crippen molar-refractivity contribution in [2.75, 3.05) is 0 Å². The molecule has 0 aliphatic carbocycles. The van der Waals surface area contributed by atoms with Crippen molar-refractivity contribution >= 4 is 23.7 Å². The summed E-state index contributed by atoms with van der Waals surface area (Å²) in [6.07, 6.45) is -1.51. The van der Waals surface area contributed by atoms with E-state index in [4.69, 9.17) is 22.4 Å². The highest BCUT2D eigenvalue weighted by Crippen LogP contribution is 2.31. The second kappa shape index (κ2) is 5.63. The molecule has 0 radical (unpaired) electrons. The number of primary amides is 1. The van der Waals surface area contributed by atoms with E-state index < -0.39 is 12.1 Å². The van der Waals surface area contributed by atoms with E-state index in [1.54, 1.807) is 36.4 Å². The first-order valence-corrected chi connectivity index (χ1v) is 5.96. The summed E-state index contributed by atoms with van der Waals surface area (Å²) in [5, 5.41) is 9.23. The molecule has 3 N–H and O–H groups in total. The minimum absolute atomic E-state index is 0.0113. The van der Waals surface area contributed by atoms with Crippen molar-refractivity contribution in [3.05, 3.63) is 53.1 Å². The summed E-state index contributed by atoms with van der Waals surface area (Å²) in [5.41, 5.74) is 6.49. The first-order chi connectivity index (χ1) is 9.49. The number of halogens is 1. The van der Waals surface area contributed by atoms with Gasteiger partial charge in [-0.05, 0) is 29.3 Å². The zero-order valence-corrected chi connectivity index (χ0v) is 10.9. The average Bonchev–Trinajstić information content (AvgIpc) is 2.38. The molecule has 0 atom stereocenters. The van der Waals surface area contributed by atoms with Gasteiger partial charge in [-0.15, -0.1) is 0 Å². The van der Waals surface area contributed by atoms with Crippen molar-refractivity contribution in [2.45, 2.75) is 0 Å². The van der Waals surface area contributed by atoms with Gasteiger partial charge in [-0.3, -0.25) is 4.79 Å². The van der Waals surface area contributed by atoms with Gasteiger partial charge in [0, 0.05) is 5.02 Å². The summed E-state index contributed by atoms with van der Waals surface area (Å²) in [6, 6.07) is 11.3. The summed E-state index contributed by atoms with van der Waals surface area (Å²) in [6.45, 7) is 0. The topological polar surface area (TPSA) is 89.6 Å². The summed E-state index contributed by atoms with van der Waals surface area (Å²) in [4.78, 5) is 22.2. The molecule has 6 heteroatoms. The number of amides is 1. The fraction of sp³-hybridized carbons (Fsp3) is 0. The summed E-state index contributed by atoms with van der Waals surface area (Å²) >= 11 is 5.81. The Labute approximate surface area is 119 Å². The van der Waals surface area contributed by atoms with Gasteiger partial charge in [0.1, 0.15) is 5.75 Å². The molecule has 5 nitrogen and oxygen atoms in total. The van der Waals surface area contributed by atoms with Crippen LogP contribution in [0.25, 0.3) is 11.1 Å². The quantitative estimate of drug-likeness (QED) is 0.671. The monoisotopic (exact) mass is 291 g/mol. The lowest BCUT2D eigenvalue weighted by Gasteiger charge is -2.11. The highest BCUT2D eigenvalue weighted by Gasteiger charge is 2.18. The van der Waals surface area contributed by atoms with E-state index in [-0.39, 0.29) is 11.3 Å². The van der Waals surface area contributed by atoms with Gasteiger partial charge in [0.25, 0.3) is 5.91 Å². The first-order valence-electron chi connectivity index (χ1n) is 5.58. The molecule has 0 saturated carbocycles. The van der Waals surface area contributed by atoms with Crippen LogP contribution in [0, 0.1) is 0 Å². The van der Waals surface area contributed by atoms with Crippen LogP contribution in [0.1, 0.15) is 10.4 Å². The summed E-state index contributed by atoms with van der Waals surface area (Å²) in [5.74, 6) is -0.871. The largest absolute Gasteiger partial charge is 0.511 e. The number of benzene rings is 2. The summed E-state index contributed by atoms with van der Waals surface area (Å²) in [7, 11) is 0. The third-order valence-electron chi connectivity index (χ3n) is 2.63. The van der Waals surface area contributed by atoms with Crippen molar-refractivity contribution in [1.29, 1.82) is 0 Å². The Morgan fingerprint density at radius 2 is 1.75 bits per heavy atom. The molecule has 0 spiro atoms. The van der Waals surface area contributed by atoms with Crippen molar-refractivity contribution in [3.8, 4) is 16.9 Å². The van der Waals surface area contributed by atoms with Gasteiger partial charge in [0.05, 0.1) is 5.56 Å². The molecule has 1 amide bonds. The molecule has 0 aliphatic rings. The molecule has 0 heterocycles. The Morgan fingerprint density at radius 3 is 2.30 bits per heavy atom. The number of carbonyl (C=O) groups is 2. The van der Waals surface area contributed by atoms with Gasteiger partial charge in [-0.1, -0.05) is 35.9 Å². The number of hydrogen-bond donors (Lipinski definition) is 2. The standard InChI is InChI=1S/C14H10ClNO4/c15-9-6-4-8(5-7-9)10-2-1-3-11(20-14(18)19)12(10)13(16)17/h1-7H,(H2,16,17)(H,18,19). The van der Waals surface area contributed by atoms with E-state index in [9.17, 15) is 9.59 Å². The van der Waals surface area contributed by atoms with Crippen LogP contribution in [0.2, 0.25) is 5.02 Å². The van der Waals surface area contributed by atoms with Crippen LogP contribution >= 0.6 is 11.6 Å².